The molecule has 0 N–H and O–H groups in total. The maximum Gasteiger partial charge on any atom is 0.341 e. The number of methoxy groups -OCH3 is 1. The molecule has 146 valence electrons. The van der Waals surface area contributed by atoms with E-state index in [0.717, 1.165) is 18.1 Å². The molecule has 0 bridgehead atoms. The van der Waals surface area contributed by atoms with E-state index in [-0.39, 0.29) is 22.4 Å². The molecule has 0 aromatic heterocycles. The van der Waals surface area contributed by atoms with Crippen molar-refractivity contribution in [1.29, 1.82) is 0 Å². The Hall–Kier alpha value is -4.14. The van der Waals surface area contributed by atoms with Gasteiger partial charge in [-0.05, 0) is 24.3 Å². The highest BCUT2D eigenvalue weighted by atomic mass is 16.6. The molecule has 1 aliphatic rings. The molecule has 9 heteroatoms. The Morgan fingerprint density at radius 2 is 1.59 bits per heavy atom. The monoisotopic (exact) mass is 394 g/mol. The maximum absolute atomic E-state index is 12.7. The van der Waals surface area contributed by atoms with Gasteiger partial charge in [-0.1, -0.05) is 24.3 Å². The maximum atomic E-state index is 12.7. The molecule has 0 spiro atoms. The first-order valence-electron chi connectivity index (χ1n) is 8.37. The van der Waals surface area contributed by atoms with Gasteiger partial charge in [0.1, 0.15) is 5.57 Å². The predicted molar refractivity (Wildman–Crippen MR) is 99.9 cm³/mol. The Kier molecular flexibility index (Phi) is 5.31. The lowest BCUT2D eigenvalue weighted by atomic mass is 10.1. The van der Waals surface area contributed by atoms with E-state index in [4.69, 9.17) is 0 Å². The summed E-state index contributed by atoms with van der Waals surface area (Å²) in [6.45, 7) is -0.700. The van der Waals surface area contributed by atoms with Crippen molar-refractivity contribution >= 4 is 35.3 Å². The summed E-state index contributed by atoms with van der Waals surface area (Å²) in [7, 11) is 1.05. The predicted octanol–water partition coefficient (Wildman–Crippen LogP) is 2.02. The van der Waals surface area contributed by atoms with Crippen LogP contribution < -0.4 is 0 Å². The number of imide groups is 1. The number of Topliss-reactive ketones (excluding diaryl/α,β-unsaturated/α-hetero) is 1. The van der Waals surface area contributed by atoms with Crippen molar-refractivity contribution in [2.75, 3.05) is 13.7 Å². The molecular formula is C20H14N2O7. The van der Waals surface area contributed by atoms with Crippen molar-refractivity contribution in [2.45, 2.75) is 0 Å². The normalized spacial score (nSPS) is 13.3. The summed E-state index contributed by atoms with van der Waals surface area (Å²) in [5, 5.41) is 11.2. The number of ether oxygens (including phenoxy) is 1. The Morgan fingerprint density at radius 3 is 2.14 bits per heavy atom. The summed E-state index contributed by atoms with van der Waals surface area (Å²) in [4.78, 5) is 61.0. The molecule has 1 aliphatic heterocycles. The summed E-state index contributed by atoms with van der Waals surface area (Å²) in [5.41, 5.74) is -0.505. The molecule has 9 nitrogen and oxygen atoms in total. The molecule has 0 atom stereocenters. The molecule has 2 amide bonds. The zero-order valence-electron chi connectivity index (χ0n) is 15.2. The zero-order chi connectivity index (χ0) is 21.1. The van der Waals surface area contributed by atoms with Crippen molar-refractivity contribution in [3.8, 4) is 0 Å². The van der Waals surface area contributed by atoms with Gasteiger partial charge < -0.3 is 4.74 Å². The number of carbonyl (C=O) groups excluding carboxylic acids is 4. The molecule has 0 saturated heterocycles. The summed E-state index contributed by atoms with van der Waals surface area (Å²) in [5.74, 6) is -3.24. The highest BCUT2D eigenvalue weighted by molar-refractivity contribution is 6.26. The average molecular weight is 394 g/mol. The molecule has 1 heterocycles. The third kappa shape index (κ3) is 3.65. The molecule has 0 radical (unpaired) electrons. The third-order valence-corrected chi connectivity index (χ3v) is 4.32. The largest absolute Gasteiger partial charge is 0.465 e. The number of nitro benzene ring substituents is 1. The van der Waals surface area contributed by atoms with E-state index >= 15 is 0 Å². The van der Waals surface area contributed by atoms with Gasteiger partial charge in [-0.15, -0.1) is 0 Å². The number of hydrogen-bond donors (Lipinski definition) is 0. The standard InChI is InChI=1S/C20H14N2O7/c1-29-20(26)15(10-12-6-2-5-9-16(12)22(27)28)17(23)11-21-18(24)13-7-3-4-8-14(13)19(21)25/h2-10H,11H2,1H3/b15-10+. The van der Waals surface area contributed by atoms with E-state index in [1.54, 1.807) is 12.1 Å². The number of fused-ring (bicyclic) bond motifs is 1. The number of benzene rings is 2. The summed E-state index contributed by atoms with van der Waals surface area (Å²) in [6, 6.07) is 11.6. The number of rotatable bonds is 6. The summed E-state index contributed by atoms with van der Waals surface area (Å²) >= 11 is 0. The number of para-hydroxylation sites is 1. The lowest BCUT2D eigenvalue weighted by Gasteiger charge is -2.13. The van der Waals surface area contributed by atoms with E-state index in [1.165, 1.54) is 36.4 Å². The molecule has 0 aliphatic carbocycles. The second-order valence-electron chi connectivity index (χ2n) is 6.03. The fourth-order valence-electron chi connectivity index (χ4n) is 2.91. The van der Waals surface area contributed by atoms with Gasteiger partial charge in [0.15, 0.2) is 5.78 Å². The molecule has 0 unspecified atom stereocenters. The van der Waals surface area contributed by atoms with E-state index in [0.29, 0.717) is 0 Å². The van der Waals surface area contributed by atoms with Gasteiger partial charge in [-0.3, -0.25) is 29.4 Å². The highest BCUT2D eigenvalue weighted by Gasteiger charge is 2.37. The van der Waals surface area contributed by atoms with E-state index < -0.39 is 40.6 Å². The second-order valence-corrected chi connectivity index (χ2v) is 6.03. The molecule has 0 fully saturated rings. The van der Waals surface area contributed by atoms with Gasteiger partial charge in [0.25, 0.3) is 17.5 Å². The zero-order valence-corrected chi connectivity index (χ0v) is 15.2. The Bertz CT molecular complexity index is 1050. The van der Waals surface area contributed by atoms with Crippen molar-refractivity contribution in [3.05, 3.63) is 80.9 Å². The van der Waals surface area contributed by atoms with Crippen molar-refractivity contribution in [3.63, 3.8) is 0 Å². The fraction of sp³-hybridized carbons (Fsp3) is 0.100. The van der Waals surface area contributed by atoms with Crippen LogP contribution in [0.15, 0.2) is 54.1 Å². The van der Waals surface area contributed by atoms with Crippen LogP contribution in [0.4, 0.5) is 5.69 Å². The van der Waals surface area contributed by atoms with Crippen LogP contribution in [0.5, 0.6) is 0 Å². The Labute approximate surface area is 164 Å². The first-order valence-corrected chi connectivity index (χ1v) is 8.37. The topological polar surface area (TPSA) is 124 Å². The molecule has 0 saturated carbocycles. The highest BCUT2D eigenvalue weighted by Crippen LogP contribution is 2.24. The van der Waals surface area contributed by atoms with Gasteiger partial charge in [-0.25, -0.2) is 4.79 Å². The Balaban J connectivity index is 1.95. The minimum Gasteiger partial charge on any atom is -0.465 e. The van der Waals surface area contributed by atoms with Gasteiger partial charge in [0, 0.05) is 6.07 Å². The number of ketones is 1. The van der Waals surface area contributed by atoms with E-state index in [1.807, 2.05) is 0 Å². The van der Waals surface area contributed by atoms with Gasteiger partial charge in [0.2, 0.25) is 0 Å². The van der Waals surface area contributed by atoms with E-state index in [9.17, 15) is 29.3 Å². The summed E-state index contributed by atoms with van der Waals surface area (Å²) < 4.78 is 4.60. The minimum absolute atomic E-state index is 0.00797. The SMILES string of the molecule is COC(=O)/C(=C/c1ccccc1[N+](=O)[O-])C(=O)CN1C(=O)c2ccccc2C1=O. The number of nitrogens with zero attached hydrogens (tertiary/aromatic N) is 2. The van der Waals surface area contributed by atoms with Gasteiger partial charge in [0.05, 0.1) is 35.3 Å². The molecule has 3 rings (SSSR count). The lowest BCUT2D eigenvalue weighted by Crippen LogP contribution is -2.36. The molecular weight excluding hydrogens is 380 g/mol. The average Bonchev–Trinajstić information content (AvgIpc) is 2.96. The quantitative estimate of drug-likeness (QED) is 0.140. The number of esters is 1. The van der Waals surface area contributed by atoms with Crippen LogP contribution in [0.25, 0.3) is 6.08 Å². The second kappa shape index (κ2) is 7.85. The van der Waals surface area contributed by atoms with Crippen LogP contribution in [0.2, 0.25) is 0 Å². The smallest absolute Gasteiger partial charge is 0.341 e. The van der Waals surface area contributed by atoms with Gasteiger partial charge >= 0.3 is 5.97 Å². The summed E-state index contributed by atoms with van der Waals surface area (Å²) in [6.07, 6.45) is 1.02. The third-order valence-electron chi connectivity index (χ3n) is 4.32. The number of amides is 2. The fourth-order valence-corrected chi connectivity index (χ4v) is 2.91. The van der Waals surface area contributed by atoms with Crippen molar-refractivity contribution in [2.24, 2.45) is 0 Å². The van der Waals surface area contributed by atoms with Crippen molar-refractivity contribution in [1.82, 2.24) is 4.90 Å². The van der Waals surface area contributed by atoms with Crippen LogP contribution in [-0.4, -0.2) is 47.0 Å². The first kappa shape index (κ1) is 19.6. The molecule has 29 heavy (non-hydrogen) atoms. The van der Waals surface area contributed by atoms with E-state index in [2.05, 4.69) is 4.74 Å². The first-order chi connectivity index (χ1) is 13.8. The molecule has 2 aromatic carbocycles. The minimum atomic E-state index is -1.04. The van der Waals surface area contributed by atoms with Crippen LogP contribution >= 0.6 is 0 Å². The van der Waals surface area contributed by atoms with Crippen molar-refractivity contribution < 1.29 is 28.8 Å². The number of nitro groups is 1. The van der Waals surface area contributed by atoms with Crippen LogP contribution in [-0.2, 0) is 14.3 Å². The van der Waals surface area contributed by atoms with Crippen LogP contribution in [0.3, 0.4) is 0 Å². The van der Waals surface area contributed by atoms with Crippen LogP contribution in [0, 0.1) is 10.1 Å². The number of carbonyl (C=O) groups is 4. The molecule has 2 aromatic rings. The lowest BCUT2D eigenvalue weighted by molar-refractivity contribution is -0.385. The van der Waals surface area contributed by atoms with Gasteiger partial charge in [-0.2, -0.15) is 0 Å². The van der Waals surface area contributed by atoms with Crippen LogP contribution in [0.1, 0.15) is 26.3 Å². The Morgan fingerprint density at radius 1 is 1.03 bits per heavy atom. The number of hydrogen-bond acceptors (Lipinski definition) is 7.